The summed E-state index contributed by atoms with van der Waals surface area (Å²) in [6.07, 6.45) is 0. The van der Waals surface area contributed by atoms with E-state index in [2.05, 4.69) is 25.9 Å². The molecule has 1 unspecified atom stereocenters. The minimum absolute atomic E-state index is 0.0482. The zero-order valence-corrected chi connectivity index (χ0v) is 12.5. The number of halogens is 3. The Balaban J connectivity index is 2.77. The van der Waals surface area contributed by atoms with Crippen molar-refractivity contribution >= 4 is 55.7 Å². The van der Waals surface area contributed by atoms with Crippen LogP contribution in [-0.2, 0) is 4.84 Å². The largest absolute Gasteiger partial charge is 0.593 e. The molecule has 1 aromatic carbocycles. The number of aromatic nitrogens is 2. The Morgan fingerprint density at radius 2 is 2.00 bits per heavy atom. The Hall–Kier alpha value is -0.500. The van der Waals surface area contributed by atoms with Gasteiger partial charge in [-0.2, -0.15) is 4.81 Å². The predicted molar refractivity (Wildman–Crippen MR) is 75.4 cm³/mol. The van der Waals surface area contributed by atoms with E-state index in [0.29, 0.717) is 21.1 Å². The van der Waals surface area contributed by atoms with E-state index in [-0.39, 0.29) is 10.4 Å². The van der Waals surface area contributed by atoms with Crippen molar-refractivity contribution in [3.05, 3.63) is 32.2 Å². The molecule has 5 nitrogen and oxygen atoms in total. The monoisotopic (exact) mass is 351 g/mol. The Morgan fingerprint density at radius 3 is 2.61 bits per heavy atom. The lowest BCUT2D eigenvalue weighted by Crippen LogP contribution is -2.36. The minimum Gasteiger partial charge on any atom is -0.593 e. The topological polar surface area (TPSA) is 58.1 Å². The number of quaternary nitrogens is 1. The van der Waals surface area contributed by atoms with Crippen molar-refractivity contribution in [1.29, 1.82) is 0 Å². The van der Waals surface area contributed by atoms with Crippen LogP contribution in [0.5, 0.6) is 0 Å². The van der Waals surface area contributed by atoms with Gasteiger partial charge < -0.3 is 5.21 Å². The zero-order valence-electron chi connectivity index (χ0n) is 9.45. The molecule has 0 amide bonds. The van der Waals surface area contributed by atoms with E-state index >= 15 is 0 Å². The Kier molecular flexibility index (Phi) is 3.77. The number of nitrogens with zero attached hydrogens (tertiary/aromatic N) is 3. The summed E-state index contributed by atoms with van der Waals surface area (Å²) in [6, 6.07) is 3.19. The molecule has 0 aliphatic carbocycles. The highest BCUT2D eigenvalue weighted by atomic mass is 79.9. The molecule has 1 aromatic heterocycles. The van der Waals surface area contributed by atoms with Crippen LogP contribution in [0.4, 0.5) is 5.69 Å². The SMILES string of the molecule is CO[N+](C)([O-])c1cc(Br)c2nc(Cl)nc(Cl)c2c1. The summed E-state index contributed by atoms with van der Waals surface area (Å²) in [5.41, 5.74) is 0.907. The summed E-state index contributed by atoms with van der Waals surface area (Å²) in [5.74, 6) is 0. The predicted octanol–water partition coefficient (Wildman–Crippen LogP) is 3.70. The summed E-state index contributed by atoms with van der Waals surface area (Å²) in [6.45, 7) is 0. The van der Waals surface area contributed by atoms with Crippen LogP contribution < -0.4 is 4.81 Å². The van der Waals surface area contributed by atoms with E-state index in [0.717, 1.165) is 0 Å². The molecule has 8 heteroatoms. The molecule has 0 saturated carbocycles. The molecule has 0 radical (unpaired) electrons. The average molecular weight is 353 g/mol. The lowest BCUT2D eigenvalue weighted by atomic mass is 10.2. The van der Waals surface area contributed by atoms with Crippen LogP contribution in [-0.4, -0.2) is 24.1 Å². The van der Waals surface area contributed by atoms with Gasteiger partial charge in [0.25, 0.3) is 0 Å². The number of fused-ring (bicyclic) bond motifs is 1. The van der Waals surface area contributed by atoms with E-state index in [1.165, 1.54) is 14.2 Å². The molecule has 0 N–H and O–H groups in total. The molecule has 1 heterocycles. The van der Waals surface area contributed by atoms with Crippen LogP contribution in [0.2, 0.25) is 10.4 Å². The van der Waals surface area contributed by atoms with Crippen molar-refractivity contribution in [3.63, 3.8) is 0 Å². The summed E-state index contributed by atoms with van der Waals surface area (Å²) in [5, 5.41) is 12.8. The van der Waals surface area contributed by atoms with Crippen molar-refractivity contribution in [2.75, 3.05) is 14.2 Å². The number of rotatable bonds is 2. The molecular formula is C10H8BrCl2N3O2. The van der Waals surface area contributed by atoms with E-state index in [1.54, 1.807) is 12.1 Å². The fourth-order valence-corrected chi connectivity index (χ4v) is 2.43. The number of hydrogen-bond donors (Lipinski definition) is 0. The third-order valence-electron chi connectivity index (χ3n) is 2.48. The normalized spacial score (nSPS) is 14.8. The van der Waals surface area contributed by atoms with E-state index in [4.69, 9.17) is 28.0 Å². The maximum Gasteiger partial charge on any atom is 0.224 e. The zero-order chi connectivity index (χ0) is 13.5. The first-order valence-electron chi connectivity index (χ1n) is 4.81. The maximum atomic E-state index is 12.0. The van der Waals surface area contributed by atoms with E-state index in [9.17, 15) is 5.21 Å². The van der Waals surface area contributed by atoms with Gasteiger partial charge in [0.15, 0.2) is 5.69 Å². The fraction of sp³-hybridized carbons (Fsp3) is 0.200. The third kappa shape index (κ3) is 2.45. The van der Waals surface area contributed by atoms with Crippen molar-refractivity contribution in [3.8, 4) is 0 Å². The van der Waals surface area contributed by atoms with Crippen molar-refractivity contribution in [2.24, 2.45) is 0 Å². The summed E-state index contributed by atoms with van der Waals surface area (Å²) in [4.78, 5) is 11.7. The standard InChI is InChI=1S/C10H8BrCl2N3O2/c1-16(17,18-2)5-3-6-8(7(11)4-5)14-10(13)15-9(6)12/h3-4H,1-2H3. The van der Waals surface area contributed by atoms with E-state index < -0.39 is 4.81 Å². The van der Waals surface area contributed by atoms with Crippen LogP contribution in [0.1, 0.15) is 0 Å². The van der Waals surface area contributed by atoms with Gasteiger partial charge in [-0.1, -0.05) is 11.6 Å². The highest BCUT2D eigenvalue weighted by Gasteiger charge is 2.19. The van der Waals surface area contributed by atoms with Gasteiger partial charge in [0.05, 0.1) is 17.1 Å². The molecule has 0 aliphatic rings. The lowest BCUT2D eigenvalue weighted by molar-refractivity contribution is -0.0557. The van der Waals surface area contributed by atoms with Crippen molar-refractivity contribution < 1.29 is 4.84 Å². The minimum atomic E-state index is -0.993. The number of benzene rings is 1. The molecule has 0 bridgehead atoms. The average Bonchev–Trinajstić information content (AvgIpc) is 2.30. The van der Waals surface area contributed by atoms with Crippen LogP contribution in [0.3, 0.4) is 0 Å². The molecule has 0 saturated heterocycles. The molecule has 2 aromatic rings. The second-order valence-electron chi connectivity index (χ2n) is 3.64. The van der Waals surface area contributed by atoms with Gasteiger partial charge in [-0.25, -0.2) is 14.8 Å². The van der Waals surface area contributed by atoms with Crippen LogP contribution in [0.25, 0.3) is 10.9 Å². The first-order valence-corrected chi connectivity index (χ1v) is 6.36. The van der Waals surface area contributed by atoms with Gasteiger partial charge in [0.1, 0.15) is 12.2 Å². The Morgan fingerprint density at radius 1 is 1.33 bits per heavy atom. The Bertz CT molecular complexity index is 622. The lowest BCUT2D eigenvalue weighted by Gasteiger charge is -2.32. The van der Waals surface area contributed by atoms with Crippen LogP contribution in [0, 0.1) is 5.21 Å². The molecule has 0 spiro atoms. The highest BCUT2D eigenvalue weighted by molar-refractivity contribution is 9.10. The van der Waals surface area contributed by atoms with Gasteiger partial charge in [-0.3, -0.25) is 0 Å². The number of hydrogen-bond acceptors (Lipinski definition) is 4. The van der Waals surface area contributed by atoms with Crippen molar-refractivity contribution in [1.82, 2.24) is 14.8 Å². The second-order valence-corrected chi connectivity index (χ2v) is 5.19. The van der Waals surface area contributed by atoms with Gasteiger partial charge >= 0.3 is 0 Å². The Labute approximate surface area is 122 Å². The maximum absolute atomic E-state index is 12.0. The molecule has 96 valence electrons. The van der Waals surface area contributed by atoms with Gasteiger partial charge in [-0.15, -0.1) is 0 Å². The third-order valence-corrected chi connectivity index (χ3v) is 3.54. The van der Waals surface area contributed by atoms with Gasteiger partial charge in [0.2, 0.25) is 5.28 Å². The quantitative estimate of drug-likeness (QED) is 0.358. The second kappa shape index (κ2) is 4.88. The molecule has 1 atom stereocenters. The first kappa shape index (κ1) is 13.9. The van der Waals surface area contributed by atoms with Crippen LogP contribution >= 0.6 is 39.1 Å². The summed E-state index contributed by atoms with van der Waals surface area (Å²) < 4.78 is 0.596. The first-order chi connectivity index (χ1) is 8.35. The molecular weight excluding hydrogens is 345 g/mol. The smallest absolute Gasteiger partial charge is 0.224 e. The summed E-state index contributed by atoms with van der Waals surface area (Å²) >= 11 is 15.1. The molecule has 0 aliphatic heterocycles. The van der Waals surface area contributed by atoms with E-state index in [1.807, 2.05) is 0 Å². The van der Waals surface area contributed by atoms with Gasteiger partial charge in [-0.05, 0) is 27.5 Å². The molecule has 18 heavy (non-hydrogen) atoms. The van der Waals surface area contributed by atoms with Gasteiger partial charge in [0, 0.05) is 17.5 Å². The van der Waals surface area contributed by atoms with Crippen LogP contribution in [0.15, 0.2) is 16.6 Å². The fourth-order valence-electron chi connectivity index (χ4n) is 1.45. The van der Waals surface area contributed by atoms with Crippen molar-refractivity contribution in [2.45, 2.75) is 0 Å². The molecule has 0 fully saturated rings. The highest BCUT2D eigenvalue weighted by Crippen LogP contribution is 2.34. The summed E-state index contributed by atoms with van der Waals surface area (Å²) in [7, 11) is 2.68. The molecule has 2 rings (SSSR count). The number of hydroxylamine groups is 2.